The minimum atomic E-state index is 1.10. The molecule has 12 aromatic rings. The first-order valence-corrected chi connectivity index (χ1v) is 21.4. The van der Waals surface area contributed by atoms with Crippen molar-refractivity contribution in [2.24, 2.45) is 0 Å². The van der Waals surface area contributed by atoms with Crippen LogP contribution in [0.15, 0.2) is 243 Å². The molecule has 2 heteroatoms. The van der Waals surface area contributed by atoms with Crippen molar-refractivity contribution in [3.05, 3.63) is 243 Å². The molecule has 62 heavy (non-hydrogen) atoms. The van der Waals surface area contributed by atoms with Crippen LogP contribution in [0.25, 0.3) is 93.2 Å². The van der Waals surface area contributed by atoms with Gasteiger partial charge >= 0.3 is 0 Å². The number of para-hydroxylation sites is 3. The molecule has 0 aliphatic carbocycles. The van der Waals surface area contributed by atoms with Gasteiger partial charge in [0.25, 0.3) is 0 Å². The molecule has 0 radical (unpaired) electrons. The lowest BCUT2D eigenvalue weighted by Gasteiger charge is -2.27. The van der Waals surface area contributed by atoms with E-state index in [1.54, 1.807) is 0 Å². The summed E-state index contributed by atoms with van der Waals surface area (Å²) >= 11 is 0. The molecular formula is C60H40N2. The molecule has 1 aromatic heterocycles. The van der Waals surface area contributed by atoms with Crippen molar-refractivity contribution in [1.29, 1.82) is 0 Å². The highest BCUT2D eigenvalue weighted by atomic mass is 15.1. The van der Waals surface area contributed by atoms with Crippen LogP contribution < -0.4 is 4.90 Å². The number of hydrogen-bond donors (Lipinski definition) is 0. The summed E-state index contributed by atoms with van der Waals surface area (Å²) in [7, 11) is 0. The average Bonchev–Trinajstić information content (AvgIpc) is 3.68. The smallest absolute Gasteiger partial charge is 0.0541 e. The summed E-state index contributed by atoms with van der Waals surface area (Å²) < 4.78 is 2.38. The fraction of sp³-hybridized carbons (Fsp3) is 0. The molecule has 0 amide bonds. The molecule has 2 nitrogen and oxygen atoms in total. The van der Waals surface area contributed by atoms with Gasteiger partial charge < -0.3 is 9.47 Å². The third-order valence-electron chi connectivity index (χ3n) is 12.6. The summed E-state index contributed by atoms with van der Waals surface area (Å²) in [5.74, 6) is 0. The lowest BCUT2D eigenvalue weighted by molar-refractivity contribution is 1.18. The van der Waals surface area contributed by atoms with E-state index in [2.05, 4.69) is 252 Å². The van der Waals surface area contributed by atoms with Gasteiger partial charge in [0.05, 0.1) is 16.7 Å². The first kappa shape index (κ1) is 35.7. The van der Waals surface area contributed by atoms with Crippen LogP contribution in [0.3, 0.4) is 0 Å². The van der Waals surface area contributed by atoms with Crippen molar-refractivity contribution in [1.82, 2.24) is 4.57 Å². The summed E-state index contributed by atoms with van der Waals surface area (Å²) in [6, 6.07) is 88.3. The van der Waals surface area contributed by atoms with Gasteiger partial charge in [0.15, 0.2) is 0 Å². The number of aromatic nitrogens is 1. The van der Waals surface area contributed by atoms with Crippen molar-refractivity contribution >= 4 is 71.2 Å². The molecule has 0 saturated carbocycles. The van der Waals surface area contributed by atoms with Gasteiger partial charge in [-0.25, -0.2) is 0 Å². The molecule has 0 unspecified atom stereocenters. The molecule has 0 N–H and O–H groups in total. The Morgan fingerprint density at radius 1 is 0.274 bits per heavy atom. The summed E-state index contributed by atoms with van der Waals surface area (Å²) in [6.07, 6.45) is 0. The largest absolute Gasteiger partial charge is 0.310 e. The lowest BCUT2D eigenvalue weighted by Crippen LogP contribution is -2.10. The first-order chi connectivity index (χ1) is 30.8. The van der Waals surface area contributed by atoms with E-state index in [0.29, 0.717) is 0 Å². The number of benzene rings is 11. The zero-order chi connectivity index (χ0) is 41.0. The minimum Gasteiger partial charge on any atom is -0.310 e. The Morgan fingerprint density at radius 3 is 1.40 bits per heavy atom. The van der Waals surface area contributed by atoms with Gasteiger partial charge in [0, 0.05) is 33.2 Å². The van der Waals surface area contributed by atoms with Crippen molar-refractivity contribution < 1.29 is 0 Å². The topological polar surface area (TPSA) is 8.17 Å². The van der Waals surface area contributed by atoms with Gasteiger partial charge in [0.1, 0.15) is 0 Å². The molecule has 0 bridgehead atoms. The third-order valence-corrected chi connectivity index (χ3v) is 12.6. The van der Waals surface area contributed by atoms with E-state index >= 15 is 0 Å². The Labute approximate surface area is 360 Å². The van der Waals surface area contributed by atoms with Crippen LogP contribution in [0.1, 0.15) is 0 Å². The van der Waals surface area contributed by atoms with E-state index < -0.39 is 0 Å². The fourth-order valence-corrected chi connectivity index (χ4v) is 9.87. The second kappa shape index (κ2) is 14.8. The summed E-state index contributed by atoms with van der Waals surface area (Å²) in [6.45, 7) is 0. The van der Waals surface area contributed by atoms with Crippen LogP contribution in [0.2, 0.25) is 0 Å². The molecule has 0 aliphatic rings. The van der Waals surface area contributed by atoms with Gasteiger partial charge in [-0.2, -0.15) is 0 Å². The van der Waals surface area contributed by atoms with Crippen molar-refractivity contribution in [3.63, 3.8) is 0 Å². The highest BCUT2D eigenvalue weighted by molar-refractivity contribution is 6.21. The number of fused-ring (bicyclic) bond motifs is 6. The highest BCUT2D eigenvalue weighted by Crippen LogP contribution is 2.46. The van der Waals surface area contributed by atoms with Crippen molar-refractivity contribution in [2.45, 2.75) is 0 Å². The molecule has 290 valence electrons. The standard InChI is InChI=1S/C60H40N2/c1-4-18-41(19-5-1)59-51-25-10-12-27-53(51)60(54-28-13-11-26-52(54)59)42-34-37-46(38-35-42)61(44-20-6-2-7-21-44)56-33-17-30-48-47(29-16-31-49(48)56)43-36-39-58-55(40-43)50-24-14-15-32-57(50)62(58)45-22-8-3-9-23-45/h1-40H. The predicted octanol–water partition coefficient (Wildman–Crippen LogP) is 16.7. The Balaban J connectivity index is 1.00. The molecule has 1 heterocycles. The van der Waals surface area contributed by atoms with Gasteiger partial charge in [-0.3, -0.25) is 0 Å². The molecule has 0 aliphatic heterocycles. The van der Waals surface area contributed by atoms with Crippen LogP contribution in [-0.4, -0.2) is 4.57 Å². The Bertz CT molecular complexity index is 3550. The average molecular weight is 789 g/mol. The van der Waals surface area contributed by atoms with E-state index in [0.717, 1.165) is 22.7 Å². The van der Waals surface area contributed by atoms with Gasteiger partial charge in [-0.15, -0.1) is 0 Å². The second-order valence-electron chi connectivity index (χ2n) is 16.0. The van der Waals surface area contributed by atoms with E-state index in [1.807, 2.05) is 0 Å². The van der Waals surface area contributed by atoms with Crippen molar-refractivity contribution in [2.75, 3.05) is 4.90 Å². The molecule has 0 fully saturated rings. The second-order valence-corrected chi connectivity index (χ2v) is 16.0. The van der Waals surface area contributed by atoms with Crippen LogP contribution >= 0.6 is 0 Å². The third kappa shape index (κ3) is 5.80. The normalized spacial score (nSPS) is 11.5. The number of rotatable bonds is 7. The summed E-state index contributed by atoms with van der Waals surface area (Å²) in [4.78, 5) is 2.40. The molecular weight excluding hydrogens is 749 g/mol. The maximum absolute atomic E-state index is 2.40. The molecule has 0 spiro atoms. The quantitative estimate of drug-likeness (QED) is 0.146. The zero-order valence-electron chi connectivity index (χ0n) is 34.0. The summed E-state index contributed by atoms with van der Waals surface area (Å²) in [5.41, 5.74) is 14.3. The molecule has 12 rings (SSSR count). The fourth-order valence-electron chi connectivity index (χ4n) is 9.87. The number of anilines is 3. The van der Waals surface area contributed by atoms with Gasteiger partial charge in [-0.05, 0) is 121 Å². The lowest BCUT2D eigenvalue weighted by atomic mass is 9.86. The molecule has 0 saturated heterocycles. The molecule has 11 aromatic carbocycles. The Hall–Kier alpha value is -8.20. The van der Waals surface area contributed by atoms with E-state index in [9.17, 15) is 0 Å². The minimum absolute atomic E-state index is 1.10. The van der Waals surface area contributed by atoms with Gasteiger partial charge in [-0.1, -0.05) is 182 Å². The van der Waals surface area contributed by atoms with E-state index in [-0.39, 0.29) is 0 Å². The van der Waals surface area contributed by atoms with E-state index in [4.69, 9.17) is 0 Å². The number of hydrogen-bond acceptors (Lipinski definition) is 1. The van der Waals surface area contributed by atoms with Crippen molar-refractivity contribution in [3.8, 4) is 39.1 Å². The SMILES string of the molecule is c1ccc(-c2c3ccccc3c(-c3ccc(N(c4ccccc4)c4cccc5c(-c6ccc7c(c6)c6ccccc6n7-c6ccccc6)cccc45)cc3)c3ccccc23)cc1. The predicted molar refractivity (Wildman–Crippen MR) is 264 cm³/mol. The van der Waals surface area contributed by atoms with E-state index in [1.165, 1.54) is 87.5 Å². The maximum Gasteiger partial charge on any atom is 0.0541 e. The van der Waals surface area contributed by atoms with Crippen LogP contribution in [-0.2, 0) is 0 Å². The number of nitrogens with zero attached hydrogens (tertiary/aromatic N) is 2. The first-order valence-electron chi connectivity index (χ1n) is 21.4. The maximum atomic E-state index is 2.40. The van der Waals surface area contributed by atoms with Crippen LogP contribution in [0.5, 0.6) is 0 Å². The van der Waals surface area contributed by atoms with Gasteiger partial charge in [0.2, 0.25) is 0 Å². The molecule has 0 atom stereocenters. The van der Waals surface area contributed by atoms with Crippen LogP contribution in [0, 0.1) is 0 Å². The van der Waals surface area contributed by atoms with Crippen LogP contribution in [0.4, 0.5) is 17.1 Å². The zero-order valence-corrected chi connectivity index (χ0v) is 34.0. The monoisotopic (exact) mass is 788 g/mol. The Morgan fingerprint density at radius 2 is 0.742 bits per heavy atom. The summed E-state index contributed by atoms with van der Waals surface area (Å²) in [5, 5.41) is 9.93. The highest BCUT2D eigenvalue weighted by Gasteiger charge is 2.20. The Kier molecular flexibility index (Phi) is 8.53.